The molecule has 1 saturated carbocycles. The van der Waals surface area contributed by atoms with E-state index in [4.69, 9.17) is 9.52 Å². The quantitative estimate of drug-likeness (QED) is 0.774. The van der Waals surface area contributed by atoms with Crippen molar-refractivity contribution in [3.63, 3.8) is 0 Å². The third-order valence-corrected chi connectivity index (χ3v) is 4.87. The highest BCUT2D eigenvalue weighted by Gasteiger charge is 2.45. The first-order chi connectivity index (χ1) is 10.2. The third kappa shape index (κ3) is 3.88. The molecule has 1 aliphatic carbocycles. The summed E-state index contributed by atoms with van der Waals surface area (Å²) in [6.45, 7) is 1.97. The van der Waals surface area contributed by atoms with Crippen molar-refractivity contribution in [3.8, 4) is 0 Å². The molecule has 7 nitrogen and oxygen atoms in total. The molecule has 1 aromatic heterocycles. The van der Waals surface area contributed by atoms with Gasteiger partial charge in [-0.15, -0.1) is 0 Å². The highest BCUT2D eigenvalue weighted by atomic mass is 32.2. The molecular formula is C14H19NO6S. The minimum absolute atomic E-state index is 0.0232. The normalized spacial score (nSPS) is 16.3. The molecule has 0 spiro atoms. The zero-order valence-corrected chi connectivity index (χ0v) is 13.3. The number of aryl methyl sites for hydroxylation is 1. The molecule has 1 aromatic rings. The number of aromatic carboxylic acids is 1. The first kappa shape index (κ1) is 16.5. The number of amides is 1. The number of rotatable bonds is 7. The number of nitrogens with one attached hydrogen (secondary N) is 1. The largest absolute Gasteiger partial charge is 0.478 e. The number of carbonyl (C=O) groups is 2. The molecule has 2 N–H and O–H groups in total. The Morgan fingerprint density at radius 3 is 2.45 bits per heavy atom. The van der Waals surface area contributed by atoms with Crippen LogP contribution in [0.15, 0.2) is 10.5 Å². The fraction of sp³-hybridized carbons (Fsp3) is 0.571. The maximum absolute atomic E-state index is 12.0. The number of carboxylic acids is 1. The van der Waals surface area contributed by atoms with Crippen molar-refractivity contribution in [1.82, 2.24) is 5.32 Å². The molecule has 1 heterocycles. The average molecular weight is 329 g/mol. The first-order valence-corrected chi connectivity index (χ1v) is 9.04. The molecule has 0 radical (unpaired) electrons. The van der Waals surface area contributed by atoms with Crippen molar-refractivity contribution < 1.29 is 27.5 Å². The summed E-state index contributed by atoms with van der Waals surface area (Å²) >= 11 is 0. The SMILES string of the molecule is CCc1oc(C(=O)NCC2(CS(C)(=O)=O)CC2)cc1C(=O)O. The van der Waals surface area contributed by atoms with E-state index in [2.05, 4.69) is 5.32 Å². The van der Waals surface area contributed by atoms with E-state index in [1.165, 1.54) is 12.3 Å². The molecule has 1 fully saturated rings. The van der Waals surface area contributed by atoms with Gasteiger partial charge in [0.2, 0.25) is 0 Å². The van der Waals surface area contributed by atoms with Crippen molar-refractivity contribution in [2.45, 2.75) is 26.2 Å². The number of hydrogen-bond acceptors (Lipinski definition) is 5. The van der Waals surface area contributed by atoms with Gasteiger partial charge in [0, 0.05) is 30.7 Å². The van der Waals surface area contributed by atoms with E-state index >= 15 is 0 Å². The number of furan rings is 1. The lowest BCUT2D eigenvalue weighted by atomic mass is 10.1. The molecule has 1 aliphatic rings. The van der Waals surface area contributed by atoms with Crippen LogP contribution in [0.25, 0.3) is 0 Å². The molecule has 0 bridgehead atoms. The van der Waals surface area contributed by atoms with Gasteiger partial charge in [-0.1, -0.05) is 6.92 Å². The average Bonchev–Trinajstić information content (AvgIpc) is 3.01. The van der Waals surface area contributed by atoms with Crippen LogP contribution in [0.3, 0.4) is 0 Å². The number of carbonyl (C=O) groups excluding carboxylic acids is 1. The molecule has 122 valence electrons. The molecular weight excluding hydrogens is 310 g/mol. The van der Waals surface area contributed by atoms with E-state index in [9.17, 15) is 18.0 Å². The second-order valence-corrected chi connectivity index (χ2v) is 8.00. The van der Waals surface area contributed by atoms with E-state index in [0.29, 0.717) is 6.42 Å². The molecule has 1 amide bonds. The summed E-state index contributed by atoms with van der Waals surface area (Å²) < 4.78 is 28.0. The summed E-state index contributed by atoms with van der Waals surface area (Å²) in [6.07, 6.45) is 3.04. The molecule has 0 saturated heterocycles. The summed E-state index contributed by atoms with van der Waals surface area (Å²) in [5.74, 6) is -1.45. The lowest BCUT2D eigenvalue weighted by Gasteiger charge is -2.14. The van der Waals surface area contributed by atoms with Crippen LogP contribution < -0.4 is 5.32 Å². The summed E-state index contributed by atoms with van der Waals surface area (Å²) in [5, 5.41) is 11.7. The molecule has 22 heavy (non-hydrogen) atoms. The number of sulfone groups is 1. The van der Waals surface area contributed by atoms with Gasteiger partial charge in [0.05, 0.1) is 5.75 Å². The topological polar surface area (TPSA) is 114 Å². The van der Waals surface area contributed by atoms with Crippen LogP contribution in [-0.2, 0) is 16.3 Å². The predicted molar refractivity (Wildman–Crippen MR) is 78.8 cm³/mol. The Hall–Kier alpha value is -1.83. The van der Waals surface area contributed by atoms with Gasteiger partial charge in [0.25, 0.3) is 5.91 Å². The van der Waals surface area contributed by atoms with Gasteiger partial charge in [0.1, 0.15) is 21.2 Å². The van der Waals surface area contributed by atoms with Crippen molar-refractivity contribution in [1.29, 1.82) is 0 Å². The van der Waals surface area contributed by atoms with E-state index in [1.807, 2.05) is 0 Å². The van der Waals surface area contributed by atoms with E-state index < -0.39 is 21.7 Å². The van der Waals surface area contributed by atoms with E-state index in [-0.39, 0.29) is 34.8 Å². The Kier molecular flexibility index (Phi) is 4.32. The van der Waals surface area contributed by atoms with Crippen LogP contribution in [0.2, 0.25) is 0 Å². The summed E-state index contributed by atoms with van der Waals surface area (Å²) in [7, 11) is -3.10. The van der Waals surface area contributed by atoms with Gasteiger partial charge < -0.3 is 14.8 Å². The maximum atomic E-state index is 12.0. The molecule has 0 atom stereocenters. The van der Waals surface area contributed by atoms with Gasteiger partial charge in [-0.05, 0) is 12.8 Å². The Bertz CT molecular complexity index is 699. The van der Waals surface area contributed by atoms with E-state index in [0.717, 1.165) is 12.8 Å². The van der Waals surface area contributed by atoms with Crippen LogP contribution in [0.5, 0.6) is 0 Å². The second-order valence-electron chi connectivity index (χ2n) is 5.86. The van der Waals surface area contributed by atoms with Crippen molar-refractivity contribution in [3.05, 3.63) is 23.2 Å². The lowest BCUT2D eigenvalue weighted by molar-refractivity contribution is 0.0694. The summed E-state index contributed by atoms with van der Waals surface area (Å²) in [6, 6.07) is 1.20. The Morgan fingerprint density at radius 2 is 2.05 bits per heavy atom. The highest BCUT2D eigenvalue weighted by Crippen LogP contribution is 2.46. The molecule has 8 heteroatoms. The maximum Gasteiger partial charge on any atom is 0.339 e. The third-order valence-electron chi connectivity index (χ3n) is 3.73. The van der Waals surface area contributed by atoms with Crippen LogP contribution in [0.4, 0.5) is 0 Å². The fourth-order valence-corrected chi connectivity index (χ4v) is 3.95. The van der Waals surface area contributed by atoms with Gasteiger partial charge in [0.15, 0.2) is 5.76 Å². The minimum Gasteiger partial charge on any atom is -0.478 e. The van der Waals surface area contributed by atoms with Crippen LogP contribution in [-0.4, -0.2) is 44.0 Å². The van der Waals surface area contributed by atoms with Crippen molar-refractivity contribution in [2.75, 3.05) is 18.6 Å². The minimum atomic E-state index is -3.10. The Balaban J connectivity index is 2.03. The Morgan fingerprint density at radius 1 is 1.41 bits per heavy atom. The Labute approximate surface area is 128 Å². The first-order valence-electron chi connectivity index (χ1n) is 6.98. The zero-order chi connectivity index (χ0) is 16.5. The predicted octanol–water partition coefficient (Wildman–Crippen LogP) is 1.09. The molecule has 2 rings (SSSR count). The monoisotopic (exact) mass is 329 g/mol. The number of hydrogen-bond donors (Lipinski definition) is 2. The zero-order valence-electron chi connectivity index (χ0n) is 12.5. The van der Waals surface area contributed by atoms with Crippen molar-refractivity contribution in [2.24, 2.45) is 5.41 Å². The van der Waals surface area contributed by atoms with Gasteiger partial charge in [-0.25, -0.2) is 13.2 Å². The van der Waals surface area contributed by atoms with Crippen LogP contribution in [0, 0.1) is 5.41 Å². The van der Waals surface area contributed by atoms with Gasteiger partial charge in [-0.3, -0.25) is 4.79 Å². The molecule has 0 aliphatic heterocycles. The number of carboxylic acid groups (broad SMARTS) is 1. The fourth-order valence-electron chi connectivity index (χ4n) is 2.44. The van der Waals surface area contributed by atoms with E-state index in [1.54, 1.807) is 6.92 Å². The summed E-state index contributed by atoms with van der Waals surface area (Å²) in [4.78, 5) is 23.1. The van der Waals surface area contributed by atoms with Crippen LogP contribution >= 0.6 is 0 Å². The second kappa shape index (κ2) is 5.75. The standard InChI is InChI=1S/C14H19NO6S/c1-3-10-9(13(17)18)6-11(21-10)12(16)15-7-14(4-5-14)8-22(2,19)20/h6H,3-5,7-8H2,1-2H3,(H,15,16)(H,17,18). The smallest absolute Gasteiger partial charge is 0.339 e. The lowest BCUT2D eigenvalue weighted by Crippen LogP contribution is -2.33. The molecule has 0 aromatic carbocycles. The van der Waals surface area contributed by atoms with Crippen LogP contribution in [0.1, 0.15) is 46.4 Å². The highest BCUT2D eigenvalue weighted by molar-refractivity contribution is 7.90. The van der Waals surface area contributed by atoms with Gasteiger partial charge in [-0.2, -0.15) is 0 Å². The molecule has 0 unspecified atom stereocenters. The van der Waals surface area contributed by atoms with Crippen molar-refractivity contribution >= 4 is 21.7 Å². The summed E-state index contributed by atoms with van der Waals surface area (Å²) in [5.41, 5.74) is -0.413. The van der Waals surface area contributed by atoms with Gasteiger partial charge >= 0.3 is 5.97 Å².